The number of hydrogen-bond acceptors (Lipinski definition) is 1. The molecule has 0 atom stereocenters. The van der Waals surface area contributed by atoms with E-state index in [-0.39, 0.29) is 0 Å². The van der Waals surface area contributed by atoms with Gasteiger partial charge in [0.25, 0.3) is 0 Å². The standard InChI is InChI=1S/C13H21N/c1-4-10-14(11-5-2)13-8-6-12(3)7-9-13/h6-9H,4-5,10-11H2,1-3H3/q+1. The van der Waals surface area contributed by atoms with E-state index in [0.717, 1.165) is 13.1 Å². The Morgan fingerprint density at radius 2 is 1.43 bits per heavy atom. The van der Waals surface area contributed by atoms with E-state index in [2.05, 4.69) is 49.9 Å². The molecular weight excluding hydrogens is 170 g/mol. The number of benzene rings is 1. The predicted octanol–water partition coefficient (Wildman–Crippen LogP) is 3.59. The van der Waals surface area contributed by atoms with Gasteiger partial charge < -0.3 is 0 Å². The smallest absolute Gasteiger partial charge is 0.134 e. The first-order chi connectivity index (χ1) is 6.77. The zero-order valence-corrected chi connectivity index (χ0v) is 9.59. The monoisotopic (exact) mass is 191 g/mol. The van der Waals surface area contributed by atoms with E-state index in [1.54, 1.807) is 0 Å². The maximum Gasteiger partial charge on any atom is 0.180 e. The molecule has 0 amide bonds. The van der Waals surface area contributed by atoms with Crippen LogP contribution < -0.4 is 4.90 Å². The fourth-order valence-corrected chi connectivity index (χ4v) is 1.67. The third-order valence-electron chi connectivity index (χ3n) is 2.39. The van der Waals surface area contributed by atoms with Gasteiger partial charge in [0.2, 0.25) is 0 Å². The Bertz CT molecular complexity index is 244. The van der Waals surface area contributed by atoms with Gasteiger partial charge in [-0.15, -0.1) is 4.90 Å². The second kappa shape index (κ2) is 5.82. The van der Waals surface area contributed by atoms with Crippen LogP contribution in [0.25, 0.3) is 0 Å². The molecule has 77 valence electrons. The van der Waals surface area contributed by atoms with Crippen LogP contribution in [-0.4, -0.2) is 13.1 Å². The van der Waals surface area contributed by atoms with Gasteiger partial charge in [0.05, 0.1) is 0 Å². The Labute approximate surface area is 87.7 Å². The molecule has 1 heteroatoms. The molecule has 1 nitrogen and oxygen atoms in total. The van der Waals surface area contributed by atoms with Crippen LogP contribution in [0.1, 0.15) is 32.3 Å². The van der Waals surface area contributed by atoms with Crippen molar-refractivity contribution in [2.75, 3.05) is 13.1 Å². The van der Waals surface area contributed by atoms with Crippen molar-refractivity contribution in [2.45, 2.75) is 33.6 Å². The molecule has 1 aromatic carbocycles. The summed E-state index contributed by atoms with van der Waals surface area (Å²) in [6.07, 6.45) is 2.43. The maximum atomic E-state index is 2.46. The summed E-state index contributed by atoms with van der Waals surface area (Å²) in [5.41, 5.74) is 2.70. The number of rotatable bonds is 5. The molecule has 0 heterocycles. The number of aryl methyl sites for hydroxylation is 1. The van der Waals surface area contributed by atoms with Gasteiger partial charge in [0.15, 0.2) is 5.69 Å². The normalized spacial score (nSPS) is 10.9. The fraction of sp³-hybridized carbons (Fsp3) is 0.538. The molecule has 0 aliphatic rings. The molecule has 0 spiro atoms. The zero-order chi connectivity index (χ0) is 10.4. The second-order valence-electron chi connectivity index (χ2n) is 3.82. The van der Waals surface area contributed by atoms with Gasteiger partial charge in [-0.25, -0.2) is 0 Å². The first kappa shape index (κ1) is 11.3. The molecule has 0 saturated carbocycles. The van der Waals surface area contributed by atoms with E-state index < -0.39 is 0 Å². The third kappa shape index (κ3) is 3.15. The van der Waals surface area contributed by atoms with Crippen LogP contribution in [0.5, 0.6) is 0 Å². The van der Waals surface area contributed by atoms with Gasteiger partial charge in [-0.1, -0.05) is 31.5 Å². The van der Waals surface area contributed by atoms with Gasteiger partial charge in [0, 0.05) is 12.1 Å². The molecule has 0 aliphatic carbocycles. The van der Waals surface area contributed by atoms with Crippen molar-refractivity contribution in [3.05, 3.63) is 29.8 Å². The zero-order valence-electron chi connectivity index (χ0n) is 9.59. The van der Waals surface area contributed by atoms with Gasteiger partial charge in [-0.05, 0) is 19.8 Å². The molecule has 1 rings (SSSR count). The highest BCUT2D eigenvalue weighted by Gasteiger charge is 2.15. The highest BCUT2D eigenvalue weighted by Crippen LogP contribution is 2.15. The summed E-state index contributed by atoms with van der Waals surface area (Å²) in [6, 6.07) is 8.82. The van der Waals surface area contributed by atoms with Crippen molar-refractivity contribution < 1.29 is 0 Å². The average molecular weight is 191 g/mol. The summed E-state index contributed by atoms with van der Waals surface area (Å²) in [6.45, 7) is 8.93. The lowest BCUT2D eigenvalue weighted by Crippen LogP contribution is -2.26. The molecule has 0 unspecified atom stereocenters. The molecule has 0 bridgehead atoms. The van der Waals surface area contributed by atoms with Gasteiger partial charge in [-0.3, -0.25) is 0 Å². The Hall–Kier alpha value is -0.820. The molecule has 0 aromatic heterocycles. The molecule has 1 aromatic rings. The lowest BCUT2D eigenvalue weighted by molar-refractivity contribution is 0.520. The largest absolute Gasteiger partial charge is 0.180 e. The molecule has 0 N–H and O–H groups in total. The summed E-state index contributed by atoms with van der Waals surface area (Å²) in [4.78, 5) is 2.46. The van der Waals surface area contributed by atoms with Gasteiger partial charge in [-0.2, -0.15) is 0 Å². The van der Waals surface area contributed by atoms with Crippen LogP contribution in [0.4, 0.5) is 5.69 Å². The quantitative estimate of drug-likeness (QED) is 0.627. The molecule has 1 radical (unpaired) electrons. The Morgan fingerprint density at radius 3 is 1.86 bits per heavy atom. The predicted molar refractivity (Wildman–Crippen MR) is 63.3 cm³/mol. The van der Waals surface area contributed by atoms with E-state index in [4.69, 9.17) is 0 Å². The van der Waals surface area contributed by atoms with Gasteiger partial charge >= 0.3 is 0 Å². The molecule has 0 fully saturated rings. The Morgan fingerprint density at radius 1 is 0.929 bits per heavy atom. The van der Waals surface area contributed by atoms with Crippen molar-refractivity contribution >= 4 is 5.69 Å². The molecular formula is C13H21N+. The maximum absolute atomic E-state index is 2.46. The number of hydrogen-bond donors (Lipinski definition) is 0. The third-order valence-corrected chi connectivity index (χ3v) is 2.39. The van der Waals surface area contributed by atoms with Crippen LogP contribution in [0, 0.1) is 6.92 Å². The second-order valence-corrected chi connectivity index (χ2v) is 3.82. The van der Waals surface area contributed by atoms with Crippen molar-refractivity contribution in [3.63, 3.8) is 0 Å². The first-order valence-electron chi connectivity index (χ1n) is 5.59. The topological polar surface area (TPSA) is 5.90 Å². The van der Waals surface area contributed by atoms with Crippen molar-refractivity contribution in [2.24, 2.45) is 0 Å². The number of nitrogens with zero attached hydrogens (tertiary/aromatic N) is 1. The first-order valence-corrected chi connectivity index (χ1v) is 5.59. The van der Waals surface area contributed by atoms with E-state index in [9.17, 15) is 0 Å². The molecule has 0 saturated heterocycles. The lowest BCUT2D eigenvalue weighted by atomic mass is 10.2. The van der Waals surface area contributed by atoms with Crippen molar-refractivity contribution in [1.82, 2.24) is 4.90 Å². The van der Waals surface area contributed by atoms with Crippen molar-refractivity contribution in [3.8, 4) is 0 Å². The summed E-state index contributed by atoms with van der Waals surface area (Å²) in [7, 11) is 0. The van der Waals surface area contributed by atoms with Gasteiger partial charge in [0.1, 0.15) is 13.1 Å². The molecule has 14 heavy (non-hydrogen) atoms. The Kier molecular flexibility index (Phi) is 4.68. The van der Waals surface area contributed by atoms with Crippen LogP contribution in [0.2, 0.25) is 0 Å². The van der Waals surface area contributed by atoms with E-state index in [0.29, 0.717) is 0 Å². The van der Waals surface area contributed by atoms with Crippen LogP contribution >= 0.6 is 0 Å². The minimum Gasteiger partial charge on any atom is -0.134 e. The van der Waals surface area contributed by atoms with E-state index in [1.165, 1.54) is 24.1 Å². The van der Waals surface area contributed by atoms with Crippen LogP contribution in [-0.2, 0) is 0 Å². The van der Waals surface area contributed by atoms with E-state index in [1.807, 2.05) is 0 Å². The Balaban J connectivity index is 2.71. The minimum atomic E-state index is 1.16. The SMILES string of the molecule is CCC[N+](CCC)c1ccc(C)cc1. The summed E-state index contributed by atoms with van der Waals surface area (Å²) >= 11 is 0. The van der Waals surface area contributed by atoms with Crippen LogP contribution in [0.3, 0.4) is 0 Å². The fourth-order valence-electron chi connectivity index (χ4n) is 1.67. The summed E-state index contributed by atoms with van der Waals surface area (Å²) < 4.78 is 0. The van der Waals surface area contributed by atoms with Crippen molar-refractivity contribution in [1.29, 1.82) is 0 Å². The highest BCUT2D eigenvalue weighted by atomic mass is 15.1. The average Bonchev–Trinajstić information content (AvgIpc) is 2.19. The van der Waals surface area contributed by atoms with E-state index >= 15 is 0 Å². The summed E-state index contributed by atoms with van der Waals surface area (Å²) in [5, 5.41) is 0. The number of anilines is 1. The summed E-state index contributed by atoms with van der Waals surface area (Å²) in [5.74, 6) is 0. The lowest BCUT2D eigenvalue weighted by Gasteiger charge is -2.09. The van der Waals surface area contributed by atoms with Crippen LogP contribution in [0.15, 0.2) is 24.3 Å². The minimum absolute atomic E-state index is 1.16. The highest BCUT2D eigenvalue weighted by molar-refractivity contribution is 5.40. The molecule has 0 aliphatic heterocycles.